The molecule has 2 amide bonds. The summed E-state index contributed by atoms with van der Waals surface area (Å²) in [5.74, 6) is -1.81. The molecule has 2 heterocycles. The van der Waals surface area contributed by atoms with Crippen molar-refractivity contribution in [1.82, 2.24) is 15.1 Å². The number of carbonyl (C=O) groups is 2. The molecule has 0 aliphatic carbocycles. The third-order valence-corrected chi connectivity index (χ3v) is 4.73. The summed E-state index contributed by atoms with van der Waals surface area (Å²) in [7, 11) is 0. The minimum absolute atomic E-state index is 0.0584. The van der Waals surface area contributed by atoms with Crippen LogP contribution in [0.1, 0.15) is 23.2 Å². The lowest BCUT2D eigenvalue weighted by molar-refractivity contribution is -0.137. The van der Waals surface area contributed by atoms with E-state index in [4.69, 9.17) is 0 Å². The summed E-state index contributed by atoms with van der Waals surface area (Å²) in [6, 6.07) is 2.96. The highest BCUT2D eigenvalue weighted by Gasteiger charge is 2.30. The summed E-state index contributed by atoms with van der Waals surface area (Å²) in [6.07, 6.45) is 1.69. The fourth-order valence-electron chi connectivity index (χ4n) is 3.29. The van der Waals surface area contributed by atoms with Crippen LogP contribution in [-0.2, 0) is 4.79 Å². The number of piperazine rings is 1. The second kappa shape index (κ2) is 7.25. The zero-order chi connectivity index (χ0) is 17.1. The van der Waals surface area contributed by atoms with Crippen LogP contribution in [0.25, 0.3) is 0 Å². The number of hydrogen-bond acceptors (Lipinski definition) is 3. The van der Waals surface area contributed by atoms with E-state index in [0.29, 0.717) is 32.2 Å². The number of hydrogen-bond donors (Lipinski definition) is 1. The molecule has 24 heavy (non-hydrogen) atoms. The number of halogens is 2. The molecule has 3 rings (SSSR count). The zero-order valence-corrected chi connectivity index (χ0v) is 13.4. The molecule has 7 heteroatoms. The van der Waals surface area contributed by atoms with Gasteiger partial charge in [0, 0.05) is 38.2 Å². The van der Waals surface area contributed by atoms with Crippen molar-refractivity contribution in [1.29, 1.82) is 0 Å². The predicted octanol–water partition coefficient (Wildman–Crippen LogP) is 1.25. The second-order valence-electron chi connectivity index (χ2n) is 6.27. The van der Waals surface area contributed by atoms with E-state index < -0.39 is 17.5 Å². The predicted molar refractivity (Wildman–Crippen MR) is 84.4 cm³/mol. The third kappa shape index (κ3) is 3.56. The molecule has 0 aromatic heterocycles. The Kier molecular flexibility index (Phi) is 5.08. The Balaban J connectivity index is 1.58. The lowest BCUT2D eigenvalue weighted by Crippen LogP contribution is -2.52. The molecule has 1 N–H and O–H groups in total. The molecule has 2 fully saturated rings. The number of piperidine rings is 1. The summed E-state index contributed by atoms with van der Waals surface area (Å²) in [6.45, 7) is 3.37. The number of amides is 2. The topological polar surface area (TPSA) is 52.7 Å². The molecule has 0 spiro atoms. The van der Waals surface area contributed by atoms with E-state index in [2.05, 4.69) is 5.32 Å². The standard InChI is InChI=1S/C17H21F2N3O2/c18-13-1-2-14(15(19)11-13)17(24)22-9-7-21(8-10-22)16(23)12-3-5-20-6-4-12/h1-2,11-12,20H,3-10H2. The fraction of sp³-hybridized carbons (Fsp3) is 0.529. The monoisotopic (exact) mass is 337 g/mol. The first-order valence-electron chi connectivity index (χ1n) is 8.30. The number of nitrogens with one attached hydrogen (secondary N) is 1. The lowest BCUT2D eigenvalue weighted by Gasteiger charge is -2.37. The van der Waals surface area contributed by atoms with Gasteiger partial charge in [0.25, 0.3) is 5.91 Å². The van der Waals surface area contributed by atoms with Crippen LogP contribution in [0.2, 0.25) is 0 Å². The number of nitrogens with zero attached hydrogens (tertiary/aromatic N) is 2. The molecule has 1 aromatic rings. The molecule has 2 aliphatic rings. The van der Waals surface area contributed by atoms with Gasteiger partial charge in [-0.1, -0.05) is 0 Å². The van der Waals surface area contributed by atoms with Gasteiger partial charge in [0.2, 0.25) is 5.91 Å². The first kappa shape index (κ1) is 16.8. The first-order valence-corrected chi connectivity index (χ1v) is 8.30. The Morgan fingerprint density at radius 1 is 1.00 bits per heavy atom. The van der Waals surface area contributed by atoms with E-state index in [-0.39, 0.29) is 17.4 Å². The zero-order valence-electron chi connectivity index (χ0n) is 13.4. The molecule has 130 valence electrons. The van der Waals surface area contributed by atoms with E-state index in [1.807, 2.05) is 0 Å². The second-order valence-corrected chi connectivity index (χ2v) is 6.27. The molecule has 1 aromatic carbocycles. The maximum atomic E-state index is 13.7. The average molecular weight is 337 g/mol. The Morgan fingerprint density at radius 2 is 1.62 bits per heavy atom. The molecule has 2 saturated heterocycles. The van der Waals surface area contributed by atoms with Crippen LogP contribution in [0.5, 0.6) is 0 Å². The Labute approximate surface area is 139 Å². The summed E-state index contributed by atoms with van der Waals surface area (Å²) in [5, 5.41) is 3.24. The van der Waals surface area contributed by atoms with Crippen molar-refractivity contribution in [3.63, 3.8) is 0 Å². The Bertz CT molecular complexity index is 624. The van der Waals surface area contributed by atoms with E-state index >= 15 is 0 Å². The molecular formula is C17H21F2N3O2. The smallest absolute Gasteiger partial charge is 0.256 e. The molecule has 0 saturated carbocycles. The van der Waals surface area contributed by atoms with Crippen molar-refractivity contribution in [3.8, 4) is 0 Å². The summed E-state index contributed by atoms with van der Waals surface area (Å²) >= 11 is 0. The van der Waals surface area contributed by atoms with Gasteiger partial charge in [-0.3, -0.25) is 9.59 Å². The average Bonchev–Trinajstić information content (AvgIpc) is 2.61. The van der Waals surface area contributed by atoms with Crippen molar-refractivity contribution < 1.29 is 18.4 Å². The molecule has 0 atom stereocenters. The van der Waals surface area contributed by atoms with Crippen LogP contribution in [0.3, 0.4) is 0 Å². The largest absolute Gasteiger partial charge is 0.339 e. The van der Waals surface area contributed by atoms with Crippen molar-refractivity contribution in [2.75, 3.05) is 39.3 Å². The number of rotatable bonds is 2. The fourth-order valence-corrected chi connectivity index (χ4v) is 3.29. The number of benzene rings is 1. The maximum absolute atomic E-state index is 13.7. The van der Waals surface area contributed by atoms with Gasteiger partial charge in [-0.2, -0.15) is 0 Å². The van der Waals surface area contributed by atoms with Crippen molar-refractivity contribution in [2.24, 2.45) is 5.92 Å². The molecule has 2 aliphatic heterocycles. The van der Waals surface area contributed by atoms with Gasteiger partial charge in [-0.25, -0.2) is 8.78 Å². The van der Waals surface area contributed by atoms with Crippen molar-refractivity contribution in [3.05, 3.63) is 35.4 Å². The molecule has 0 unspecified atom stereocenters. The molecular weight excluding hydrogens is 316 g/mol. The van der Waals surface area contributed by atoms with E-state index in [1.165, 1.54) is 11.0 Å². The van der Waals surface area contributed by atoms with Crippen LogP contribution in [0, 0.1) is 17.6 Å². The van der Waals surface area contributed by atoms with E-state index in [9.17, 15) is 18.4 Å². The normalized spacial score (nSPS) is 19.4. The van der Waals surface area contributed by atoms with Gasteiger partial charge in [0.1, 0.15) is 11.6 Å². The minimum Gasteiger partial charge on any atom is -0.339 e. The molecule has 5 nitrogen and oxygen atoms in total. The summed E-state index contributed by atoms with van der Waals surface area (Å²) in [4.78, 5) is 28.2. The molecule has 0 bridgehead atoms. The van der Waals surface area contributed by atoms with Gasteiger partial charge >= 0.3 is 0 Å². The maximum Gasteiger partial charge on any atom is 0.256 e. The van der Waals surface area contributed by atoms with Crippen molar-refractivity contribution in [2.45, 2.75) is 12.8 Å². The lowest BCUT2D eigenvalue weighted by atomic mass is 9.96. The van der Waals surface area contributed by atoms with Gasteiger partial charge in [0.05, 0.1) is 5.56 Å². The highest BCUT2D eigenvalue weighted by molar-refractivity contribution is 5.94. The molecule has 0 radical (unpaired) electrons. The Hall–Kier alpha value is -2.02. The SMILES string of the molecule is O=C(c1ccc(F)cc1F)N1CCN(C(=O)C2CCNCC2)CC1. The van der Waals surface area contributed by atoms with Gasteiger partial charge < -0.3 is 15.1 Å². The number of carbonyl (C=O) groups excluding carboxylic acids is 2. The highest BCUT2D eigenvalue weighted by Crippen LogP contribution is 2.18. The quantitative estimate of drug-likeness (QED) is 0.884. The van der Waals surface area contributed by atoms with Crippen LogP contribution in [0.4, 0.5) is 8.78 Å². The van der Waals surface area contributed by atoms with Crippen LogP contribution in [0.15, 0.2) is 18.2 Å². The Morgan fingerprint density at radius 3 is 2.25 bits per heavy atom. The summed E-state index contributed by atoms with van der Waals surface area (Å²) in [5.41, 5.74) is -0.130. The van der Waals surface area contributed by atoms with Gasteiger partial charge in [-0.05, 0) is 38.1 Å². The van der Waals surface area contributed by atoms with Crippen LogP contribution >= 0.6 is 0 Å². The van der Waals surface area contributed by atoms with Crippen LogP contribution in [-0.4, -0.2) is 60.9 Å². The minimum atomic E-state index is -0.854. The first-order chi connectivity index (χ1) is 11.6. The summed E-state index contributed by atoms with van der Waals surface area (Å²) < 4.78 is 26.7. The van der Waals surface area contributed by atoms with E-state index in [0.717, 1.165) is 32.0 Å². The van der Waals surface area contributed by atoms with Crippen molar-refractivity contribution >= 4 is 11.8 Å². The van der Waals surface area contributed by atoms with Gasteiger partial charge in [0.15, 0.2) is 0 Å². The van der Waals surface area contributed by atoms with Gasteiger partial charge in [-0.15, -0.1) is 0 Å². The highest BCUT2D eigenvalue weighted by atomic mass is 19.1. The van der Waals surface area contributed by atoms with Crippen LogP contribution < -0.4 is 5.32 Å². The van der Waals surface area contributed by atoms with E-state index in [1.54, 1.807) is 4.90 Å². The third-order valence-electron chi connectivity index (χ3n) is 4.73.